The highest BCUT2D eigenvalue weighted by molar-refractivity contribution is 5.95. The molecule has 3 saturated heterocycles. The van der Waals surface area contributed by atoms with E-state index in [1.165, 1.54) is 0 Å². The van der Waals surface area contributed by atoms with Gasteiger partial charge in [0, 0.05) is 42.9 Å². The summed E-state index contributed by atoms with van der Waals surface area (Å²) in [6, 6.07) is 7.37. The fourth-order valence-corrected chi connectivity index (χ4v) is 5.70. The molecule has 1 aromatic carbocycles. The zero-order valence-electron chi connectivity index (χ0n) is 18.6. The zero-order valence-corrected chi connectivity index (χ0v) is 18.6. The van der Waals surface area contributed by atoms with Gasteiger partial charge >= 0.3 is 0 Å². The molecule has 2 amide bonds. The molecule has 0 saturated carbocycles. The minimum absolute atomic E-state index is 0.0146. The largest absolute Gasteiger partial charge is 0.494 e. The lowest BCUT2D eigenvalue weighted by Gasteiger charge is -2.29. The molecule has 4 heterocycles. The Morgan fingerprint density at radius 2 is 2.25 bits per heavy atom. The maximum atomic E-state index is 13.2. The van der Waals surface area contributed by atoms with Crippen molar-refractivity contribution in [2.24, 2.45) is 11.8 Å². The van der Waals surface area contributed by atoms with E-state index in [2.05, 4.69) is 10.3 Å². The Kier molecular flexibility index (Phi) is 5.41. The second-order valence-corrected chi connectivity index (χ2v) is 9.08. The lowest BCUT2D eigenvalue weighted by atomic mass is 9.73. The average molecular weight is 439 g/mol. The Morgan fingerprint density at radius 3 is 3.03 bits per heavy atom. The summed E-state index contributed by atoms with van der Waals surface area (Å²) in [5.41, 5.74) is 0.371. The Bertz CT molecular complexity index is 1020. The number of carbonyl (C=O) groups is 2. The summed E-state index contributed by atoms with van der Waals surface area (Å²) in [4.78, 5) is 31.8. The quantitative estimate of drug-likeness (QED) is 0.715. The first-order valence-corrected chi connectivity index (χ1v) is 11.4. The molecule has 3 aliphatic rings. The van der Waals surface area contributed by atoms with Crippen LogP contribution in [0.3, 0.4) is 0 Å². The third-order valence-electron chi connectivity index (χ3n) is 7.24. The first kappa shape index (κ1) is 21.0. The molecule has 1 spiro atoms. The molecule has 0 radical (unpaired) electrons. The molecule has 1 aromatic heterocycles. The second-order valence-electron chi connectivity index (χ2n) is 9.08. The van der Waals surface area contributed by atoms with Crippen LogP contribution in [-0.2, 0) is 16.1 Å². The molecule has 0 unspecified atom stereocenters. The summed E-state index contributed by atoms with van der Waals surface area (Å²) in [5.74, 6) is 1.99. The zero-order chi connectivity index (χ0) is 22.3. The number of carbonyl (C=O) groups excluding carboxylic acids is 2. The number of imidazole rings is 1. The number of nitrogens with zero attached hydrogens (tertiary/aromatic N) is 3. The van der Waals surface area contributed by atoms with Crippen molar-refractivity contribution < 1.29 is 19.1 Å². The number of rotatable bonds is 7. The van der Waals surface area contributed by atoms with Crippen molar-refractivity contribution in [1.29, 1.82) is 0 Å². The first-order chi connectivity index (χ1) is 15.5. The van der Waals surface area contributed by atoms with Crippen molar-refractivity contribution in [1.82, 2.24) is 19.8 Å². The molecule has 2 bridgehead atoms. The summed E-state index contributed by atoms with van der Waals surface area (Å²) < 4.78 is 13.8. The van der Waals surface area contributed by atoms with E-state index in [0.29, 0.717) is 37.6 Å². The second kappa shape index (κ2) is 8.24. The van der Waals surface area contributed by atoms with Crippen molar-refractivity contribution in [2.45, 2.75) is 44.9 Å². The maximum absolute atomic E-state index is 13.2. The van der Waals surface area contributed by atoms with E-state index in [4.69, 9.17) is 9.47 Å². The number of hydrogen-bond donors (Lipinski definition) is 1. The molecule has 2 aromatic rings. The minimum Gasteiger partial charge on any atom is -0.494 e. The summed E-state index contributed by atoms with van der Waals surface area (Å²) >= 11 is 0. The number of benzene rings is 1. The first-order valence-electron chi connectivity index (χ1n) is 11.4. The van der Waals surface area contributed by atoms with Crippen LogP contribution in [0.2, 0.25) is 0 Å². The van der Waals surface area contributed by atoms with E-state index in [1.807, 2.05) is 53.8 Å². The van der Waals surface area contributed by atoms with Gasteiger partial charge in [0.2, 0.25) is 5.91 Å². The van der Waals surface area contributed by atoms with Gasteiger partial charge in [-0.15, -0.1) is 0 Å². The van der Waals surface area contributed by atoms with E-state index in [0.717, 1.165) is 18.7 Å². The van der Waals surface area contributed by atoms with Crippen LogP contribution in [0.25, 0.3) is 0 Å². The number of fused-ring (bicyclic) bond motifs is 1. The van der Waals surface area contributed by atoms with E-state index in [1.54, 1.807) is 6.20 Å². The fraction of sp³-hybridized carbons (Fsp3) is 0.542. The molecule has 3 fully saturated rings. The summed E-state index contributed by atoms with van der Waals surface area (Å²) in [5, 5.41) is 3.09. The number of aryl methyl sites for hydroxylation is 1. The number of nitrogens with one attached hydrogen (secondary N) is 1. The SMILES string of the molecule is CCOc1cccc(C(=O)N2C[C@@H]3[C@H](CNC(=O)Cn4ccnc4C)[C@H]4CC[C@]3(C2)O4)c1. The fourth-order valence-electron chi connectivity index (χ4n) is 5.70. The summed E-state index contributed by atoms with van der Waals surface area (Å²) in [7, 11) is 0. The van der Waals surface area contributed by atoms with Crippen LogP contribution in [-0.4, -0.2) is 64.2 Å². The molecule has 3 aliphatic heterocycles. The molecule has 4 atom stereocenters. The summed E-state index contributed by atoms with van der Waals surface area (Å²) in [6.45, 7) is 6.50. The van der Waals surface area contributed by atoms with Crippen LogP contribution in [0.5, 0.6) is 5.75 Å². The van der Waals surface area contributed by atoms with Crippen molar-refractivity contribution >= 4 is 11.8 Å². The number of amides is 2. The monoisotopic (exact) mass is 438 g/mol. The molecule has 5 rings (SSSR count). The smallest absolute Gasteiger partial charge is 0.254 e. The third kappa shape index (κ3) is 3.66. The van der Waals surface area contributed by atoms with Gasteiger partial charge in [-0.2, -0.15) is 0 Å². The molecule has 8 heteroatoms. The van der Waals surface area contributed by atoms with Gasteiger partial charge in [0.05, 0.1) is 24.9 Å². The number of aromatic nitrogens is 2. The van der Waals surface area contributed by atoms with Crippen LogP contribution in [0.15, 0.2) is 36.7 Å². The van der Waals surface area contributed by atoms with Crippen molar-refractivity contribution in [3.05, 3.63) is 48.0 Å². The lowest BCUT2D eigenvalue weighted by Crippen LogP contribution is -2.42. The van der Waals surface area contributed by atoms with E-state index in [9.17, 15) is 9.59 Å². The van der Waals surface area contributed by atoms with Gasteiger partial charge in [0.15, 0.2) is 0 Å². The molecule has 0 aliphatic carbocycles. The third-order valence-corrected chi connectivity index (χ3v) is 7.24. The predicted molar refractivity (Wildman–Crippen MR) is 117 cm³/mol. The van der Waals surface area contributed by atoms with Crippen molar-refractivity contribution in [3.63, 3.8) is 0 Å². The highest BCUT2D eigenvalue weighted by atomic mass is 16.5. The molecule has 8 nitrogen and oxygen atoms in total. The van der Waals surface area contributed by atoms with Gasteiger partial charge in [-0.25, -0.2) is 4.98 Å². The van der Waals surface area contributed by atoms with Crippen molar-refractivity contribution in [3.8, 4) is 5.75 Å². The number of ether oxygens (including phenoxy) is 2. The predicted octanol–water partition coefficient (Wildman–Crippen LogP) is 2.03. The van der Waals surface area contributed by atoms with Gasteiger partial charge in [-0.05, 0) is 44.9 Å². The van der Waals surface area contributed by atoms with Crippen LogP contribution in [0.1, 0.15) is 35.9 Å². The average Bonchev–Trinajstić information content (AvgIpc) is 3.53. The Morgan fingerprint density at radius 1 is 1.38 bits per heavy atom. The van der Waals surface area contributed by atoms with Crippen LogP contribution in [0, 0.1) is 18.8 Å². The minimum atomic E-state index is -0.270. The molecule has 170 valence electrons. The number of likely N-dealkylation sites (tertiary alicyclic amines) is 1. The van der Waals surface area contributed by atoms with E-state index >= 15 is 0 Å². The Labute approximate surface area is 187 Å². The maximum Gasteiger partial charge on any atom is 0.254 e. The van der Waals surface area contributed by atoms with Crippen LogP contribution < -0.4 is 10.1 Å². The van der Waals surface area contributed by atoms with Crippen LogP contribution >= 0.6 is 0 Å². The van der Waals surface area contributed by atoms with E-state index in [-0.39, 0.29) is 41.9 Å². The van der Waals surface area contributed by atoms with E-state index < -0.39 is 0 Å². The highest BCUT2D eigenvalue weighted by Gasteiger charge is 2.63. The molecular formula is C24H30N4O4. The Balaban J connectivity index is 1.24. The Hall–Kier alpha value is -2.87. The summed E-state index contributed by atoms with van der Waals surface area (Å²) in [6.07, 6.45) is 5.63. The number of hydrogen-bond acceptors (Lipinski definition) is 5. The van der Waals surface area contributed by atoms with Gasteiger partial charge in [0.25, 0.3) is 5.91 Å². The standard InChI is InChI=1S/C24H30N4O4/c1-3-31-18-6-4-5-17(11-18)23(30)28-13-20-19(21-7-8-24(20,15-28)32-21)12-26-22(29)14-27-10-9-25-16(27)2/h4-6,9-11,19-21H,3,7-8,12-15H2,1-2H3,(H,26,29)/t19-,20+,21+,24+/m0/s1. The highest BCUT2D eigenvalue weighted by Crippen LogP contribution is 2.54. The molecular weight excluding hydrogens is 408 g/mol. The van der Waals surface area contributed by atoms with Crippen molar-refractivity contribution in [2.75, 3.05) is 26.2 Å². The van der Waals surface area contributed by atoms with Gasteiger partial charge in [0.1, 0.15) is 18.1 Å². The van der Waals surface area contributed by atoms with Crippen LogP contribution in [0.4, 0.5) is 0 Å². The van der Waals surface area contributed by atoms with Gasteiger partial charge < -0.3 is 24.3 Å². The van der Waals surface area contributed by atoms with Gasteiger partial charge in [-0.1, -0.05) is 6.07 Å². The normalized spacial score (nSPS) is 28.1. The lowest BCUT2D eigenvalue weighted by molar-refractivity contribution is -0.122. The molecule has 32 heavy (non-hydrogen) atoms. The molecule has 1 N–H and O–H groups in total. The van der Waals surface area contributed by atoms with Gasteiger partial charge in [-0.3, -0.25) is 9.59 Å². The topological polar surface area (TPSA) is 85.7 Å².